The molecule has 0 saturated heterocycles. The Morgan fingerprint density at radius 1 is 1.15 bits per heavy atom. The highest BCUT2D eigenvalue weighted by atomic mass is 32.3. The van der Waals surface area contributed by atoms with Gasteiger partial charge in [-0.15, -0.1) is 0 Å². The molecule has 0 fully saturated rings. The van der Waals surface area contributed by atoms with Crippen LogP contribution in [0, 0.1) is 0 Å². The van der Waals surface area contributed by atoms with Crippen molar-refractivity contribution in [2.45, 2.75) is 18.8 Å². The lowest BCUT2D eigenvalue weighted by Gasteiger charge is -2.24. The summed E-state index contributed by atoms with van der Waals surface area (Å²) in [5.74, 6) is 0.0799. The third-order valence-corrected chi connectivity index (χ3v) is 4.58. The van der Waals surface area contributed by atoms with E-state index in [1.54, 1.807) is 12.1 Å². The number of benzene rings is 1. The third kappa shape index (κ3) is 6.54. The summed E-state index contributed by atoms with van der Waals surface area (Å²) in [6.45, 7) is 1.00. The van der Waals surface area contributed by atoms with Gasteiger partial charge in [0, 0.05) is 18.6 Å². The van der Waals surface area contributed by atoms with Crippen LogP contribution in [-0.2, 0) is 33.0 Å². The van der Waals surface area contributed by atoms with Crippen molar-refractivity contribution in [1.29, 1.82) is 0 Å². The Hall–Kier alpha value is -1.72. The fourth-order valence-electron chi connectivity index (χ4n) is 2.47. The van der Waals surface area contributed by atoms with E-state index in [-0.39, 0.29) is 43.9 Å². The van der Waals surface area contributed by atoms with Gasteiger partial charge in [0.15, 0.2) is 0 Å². The second-order valence-corrected chi connectivity index (χ2v) is 6.89. The maximum absolute atomic E-state index is 11.6. The molecular formula is C16H22O9S. The van der Waals surface area contributed by atoms with E-state index in [1.807, 2.05) is 0 Å². The number of hydrogen-bond acceptors (Lipinski definition) is 9. The molecule has 1 unspecified atom stereocenters. The molecule has 1 aromatic rings. The summed E-state index contributed by atoms with van der Waals surface area (Å²) in [5.41, 5.74) is 0.874. The van der Waals surface area contributed by atoms with Crippen LogP contribution in [0.25, 0.3) is 0 Å². The predicted molar refractivity (Wildman–Crippen MR) is 89.2 cm³/mol. The largest absolute Gasteiger partial charge is 0.508 e. The predicted octanol–water partition coefficient (Wildman–Crippen LogP) is 1.12. The summed E-state index contributed by atoms with van der Waals surface area (Å²) in [7, 11) is -2.92. The fraction of sp³-hybridized carbons (Fsp3) is 0.562. The molecule has 1 aliphatic rings. The second kappa shape index (κ2) is 9.83. The SMILES string of the molecule is COS(=O)(=O)OCCOCCOCCC1CC(=O)Oc2cc(O)ccc21. The summed E-state index contributed by atoms with van der Waals surface area (Å²) >= 11 is 0. The minimum absolute atomic E-state index is 0.0274. The van der Waals surface area contributed by atoms with E-state index in [0.29, 0.717) is 25.4 Å². The number of hydrogen-bond donors (Lipinski definition) is 1. The van der Waals surface area contributed by atoms with Gasteiger partial charge in [0.25, 0.3) is 0 Å². The fourth-order valence-corrected chi connectivity index (χ4v) is 2.84. The third-order valence-electron chi connectivity index (χ3n) is 3.72. The van der Waals surface area contributed by atoms with Crippen LogP contribution in [0.4, 0.5) is 0 Å². The Bertz CT molecular complexity index is 702. The lowest BCUT2D eigenvalue weighted by atomic mass is 9.90. The number of phenolic OH excluding ortho intramolecular Hbond substituents is 1. The van der Waals surface area contributed by atoms with Gasteiger partial charge in [-0.2, -0.15) is 8.42 Å². The molecule has 10 heteroatoms. The van der Waals surface area contributed by atoms with Crippen molar-refractivity contribution < 1.29 is 40.9 Å². The second-order valence-electron chi connectivity index (χ2n) is 5.51. The molecule has 1 N–H and O–H groups in total. The monoisotopic (exact) mass is 390 g/mol. The summed E-state index contributed by atoms with van der Waals surface area (Å²) in [6.07, 6.45) is 0.894. The molecule has 1 atom stereocenters. The minimum atomic E-state index is -3.93. The van der Waals surface area contributed by atoms with Gasteiger partial charge in [-0.3, -0.25) is 8.98 Å². The normalized spacial score (nSPS) is 17.0. The number of fused-ring (bicyclic) bond motifs is 1. The molecule has 0 radical (unpaired) electrons. The van der Waals surface area contributed by atoms with Crippen molar-refractivity contribution in [1.82, 2.24) is 0 Å². The first-order valence-electron chi connectivity index (χ1n) is 8.05. The Morgan fingerprint density at radius 3 is 2.58 bits per heavy atom. The Kier molecular flexibility index (Phi) is 7.79. The maximum Gasteiger partial charge on any atom is 0.399 e. The van der Waals surface area contributed by atoms with Gasteiger partial charge in [-0.05, 0) is 18.1 Å². The topological polar surface area (TPSA) is 118 Å². The van der Waals surface area contributed by atoms with Crippen LogP contribution < -0.4 is 4.74 Å². The molecule has 0 aromatic heterocycles. The molecule has 2 rings (SSSR count). The zero-order valence-corrected chi connectivity index (χ0v) is 15.2. The molecule has 0 amide bonds. The van der Waals surface area contributed by atoms with E-state index in [4.69, 9.17) is 14.2 Å². The van der Waals surface area contributed by atoms with Crippen molar-refractivity contribution in [2.24, 2.45) is 0 Å². The average Bonchev–Trinajstić information content (AvgIpc) is 2.59. The van der Waals surface area contributed by atoms with Crippen molar-refractivity contribution in [2.75, 3.05) is 40.1 Å². The highest BCUT2D eigenvalue weighted by molar-refractivity contribution is 7.81. The molecular weight excluding hydrogens is 368 g/mol. The molecule has 26 heavy (non-hydrogen) atoms. The molecule has 9 nitrogen and oxygen atoms in total. The van der Waals surface area contributed by atoms with Crippen molar-refractivity contribution in [3.8, 4) is 11.5 Å². The molecule has 0 aliphatic carbocycles. The molecule has 146 valence electrons. The zero-order chi connectivity index (χ0) is 19.0. The quantitative estimate of drug-likeness (QED) is 0.337. The number of carbonyl (C=O) groups is 1. The van der Waals surface area contributed by atoms with E-state index in [0.717, 1.165) is 12.7 Å². The lowest BCUT2D eigenvalue weighted by Crippen LogP contribution is -2.21. The van der Waals surface area contributed by atoms with Crippen LogP contribution in [-0.4, -0.2) is 59.6 Å². The first kappa shape index (κ1) is 20.6. The Labute approximate surface area is 152 Å². The first-order chi connectivity index (χ1) is 12.4. The van der Waals surface area contributed by atoms with Gasteiger partial charge in [0.1, 0.15) is 11.5 Å². The minimum Gasteiger partial charge on any atom is -0.508 e. The summed E-state index contributed by atoms with van der Waals surface area (Å²) in [6, 6.07) is 4.74. The number of ether oxygens (including phenoxy) is 3. The van der Waals surface area contributed by atoms with Gasteiger partial charge >= 0.3 is 16.4 Å². The maximum atomic E-state index is 11.6. The van der Waals surface area contributed by atoms with Crippen LogP contribution in [0.2, 0.25) is 0 Å². The van der Waals surface area contributed by atoms with Crippen molar-refractivity contribution in [3.05, 3.63) is 23.8 Å². The van der Waals surface area contributed by atoms with Crippen LogP contribution >= 0.6 is 0 Å². The van der Waals surface area contributed by atoms with Gasteiger partial charge in [0.2, 0.25) is 0 Å². The van der Waals surface area contributed by atoms with Crippen LogP contribution in [0.3, 0.4) is 0 Å². The molecule has 1 heterocycles. The number of rotatable bonds is 11. The summed E-state index contributed by atoms with van der Waals surface area (Å²) in [4.78, 5) is 11.6. The molecule has 1 aromatic carbocycles. The Balaban J connectivity index is 1.61. The van der Waals surface area contributed by atoms with E-state index in [1.165, 1.54) is 6.07 Å². The molecule has 1 aliphatic heterocycles. The highest BCUT2D eigenvalue weighted by Crippen LogP contribution is 2.38. The van der Waals surface area contributed by atoms with Crippen LogP contribution in [0.15, 0.2) is 18.2 Å². The smallest absolute Gasteiger partial charge is 0.399 e. The summed E-state index contributed by atoms with van der Waals surface area (Å²) < 4.78 is 46.1. The van der Waals surface area contributed by atoms with E-state index in [2.05, 4.69) is 8.37 Å². The standard InChI is InChI=1S/C16H22O9S/c1-21-26(19,20)24-9-8-23-7-6-22-5-4-12-10-16(18)25-15-11-13(17)2-3-14(12)15/h2-3,11-12,17H,4-10H2,1H3. The number of carbonyl (C=O) groups excluding carboxylic acids is 1. The number of esters is 1. The van der Waals surface area contributed by atoms with Crippen molar-refractivity contribution in [3.63, 3.8) is 0 Å². The number of phenols is 1. The molecule has 0 saturated carbocycles. The average molecular weight is 390 g/mol. The van der Waals surface area contributed by atoms with E-state index >= 15 is 0 Å². The van der Waals surface area contributed by atoms with Crippen LogP contribution in [0.5, 0.6) is 11.5 Å². The van der Waals surface area contributed by atoms with Crippen molar-refractivity contribution >= 4 is 16.4 Å². The number of aromatic hydroxyl groups is 1. The first-order valence-corrected chi connectivity index (χ1v) is 9.38. The zero-order valence-electron chi connectivity index (χ0n) is 14.4. The van der Waals surface area contributed by atoms with Crippen LogP contribution in [0.1, 0.15) is 24.3 Å². The lowest BCUT2D eigenvalue weighted by molar-refractivity contribution is -0.136. The van der Waals surface area contributed by atoms with Gasteiger partial charge < -0.3 is 19.3 Å². The van der Waals surface area contributed by atoms with E-state index < -0.39 is 10.4 Å². The summed E-state index contributed by atoms with van der Waals surface area (Å²) in [5, 5.41) is 9.48. The van der Waals surface area contributed by atoms with Gasteiger partial charge in [0.05, 0.1) is 40.0 Å². The molecule has 0 bridgehead atoms. The van der Waals surface area contributed by atoms with E-state index in [9.17, 15) is 18.3 Å². The Morgan fingerprint density at radius 2 is 1.85 bits per heavy atom. The van der Waals surface area contributed by atoms with Gasteiger partial charge in [-0.25, -0.2) is 4.18 Å². The van der Waals surface area contributed by atoms with Gasteiger partial charge in [-0.1, -0.05) is 6.07 Å². The molecule has 0 spiro atoms. The highest BCUT2D eigenvalue weighted by Gasteiger charge is 2.27.